The van der Waals surface area contributed by atoms with Crippen LogP contribution in [-0.4, -0.2) is 13.8 Å². The third kappa shape index (κ3) is 4.74. The summed E-state index contributed by atoms with van der Waals surface area (Å²) in [6.07, 6.45) is 0.425. The molecule has 3 rings (SSSR count). The van der Waals surface area contributed by atoms with Crippen LogP contribution in [0.15, 0.2) is 78.9 Å². The van der Waals surface area contributed by atoms with E-state index in [-0.39, 0.29) is 0 Å². The van der Waals surface area contributed by atoms with Crippen molar-refractivity contribution < 1.29 is 13.8 Å². The summed E-state index contributed by atoms with van der Waals surface area (Å²) < 4.78 is 23.7. The van der Waals surface area contributed by atoms with Gasteiger partial charge in [-0.25, -0.2) is 0 Å². The SMILES string of the molecule is COc1ccc(-c2ccc(OP(C)(=O)Cc3ccccc3)cc2)cc1. The highest BCUT2D eigenvalue weighted by atomic mass is 31.2. The van der Waals surface area contributed by atoms with Gasteiger partial charge in [0.15, 0.2) is 0 Å². The molecule has 0 amide bonds. The molecule has 0 aliphatic heterocycles. The smallest absolute Gasteiger partial charge is 0.249 e. The molecule has 3 nitrogen and oxygen atoms in total. The molecule has 0 saturated heterocycles. The van der Waals surface area contributed by atoms with Crippen molar-refractivity contribution in [1.82, 2.24) is 0 Å². The van der Waals surface area contributed by atoms with E-state index in [1.807, 2.05) is 78.9 Å². The van der Waals surface area contributed by atoms with Crippen LogP contribution in [0.25, 0.3) is 11.1 Å². The molecule has 0 aliphatic carbocycles. The van der Waals surface area contributed by atoms with Gasteiger partial charge in [-0.2, -0.15) is 0 Å². The Morgan fingerprint density at radius 3 is 1.80 bits per heavy atom. The number of rotatable bonds is 6. The predicted molar refractivity (Wildman–Crippen MR) is 103 cm³/mol. The van der Waals surface area contributed by atoms with Crippen molar-refractivity contribution in [1.29, 1.82) is 0 Å². The minimum Gasteiger partial charge on any atom is -0.497 e. The van der Waals surface area contributed by atoms with Crippen LogP contribution in [-0.2, 0) is 10.7 Å². The molecule has 1 unspecified atom stereocenters. The molecule has 3 aromatic rings. The van der Waals surface area contributed by atoms with Gasteiger partial charge in [-0.15, -0.1) is 0 Å². The molecule has 1 atom stereocenters. The fourth-order valence-electron chi connectivity index (χ4n) is 2.66. The average molecular weight is 352 g/mol. The van der Waals surface area contributed by atoms with E-state index in [0.717, 1.165) is 22.4 Å². The molecule has 0 aromatic heterocycles. The molecule has 25 heavy (non-hydrogen) atoms. The van der Waals surface area contributed by atoms with Gasteiger partial charge >= 0.3 is 0 Å². The molecule has 0 heterocycles. The van der Waals surface area contributed by atoms with E-state index in [1.54, 1.807) is 13.8 Å². The Morgan fingerprint density at radius 1 is 0.760 bits per heavy atom. The Balaban J connectivity index is 1.70. The second-order valence-electron chi connectivity index (χ2n) is 6.00. The monoisotopic (exact) mass is 352 g/mol. The zero-order chi connectivity index (χ0) is 17.7. The van der Waals surface area contributed by atoms with Gasteiger partial charge in [0, 0.05) is 6.66 Å². The topological polar surface area (TPSA) is 35.5 Å². The van der Waals surface area contributed by atoms with Crippen LogP contribution in [0.5, 0.6) is 11.5 Å². The zero-order valence-electron chi connectivity index (χ0n) is 14.4. The van der Waals surface area contributed by atoms with Crippen LogP contribution in [0.3, 0.4) is 0 Å². The maximum Gasteiger partial charge on any atom is 0.249 e. The molecule has 3 aromatic carbocycles. The number of benzene rings is 3. The van der Waals surface area contributed by atoms with Crippen LogP contribution < -0.4 is 9.26 Å². The molecule has 0 saturated carbocycles. The Hall–Kier alpha value is -2.51. The Morgan fingerprint density at radius 2 is 1.28 bits per heavy atom. The highest BCUT2D eigenvalue weighted by Crippen LogP contribution is 2.46. The van der Waals surface area contributed by atoms with Crippen molar-refractivity contribution >= 4 is 7.37 Å². The maximum atomic E-state index is 12.7. The van der Waals surface area contributed by atoms with E-state index in [4.69, 9.17) is 9.26 Å². The van der Waals surface area contributed by atoms with Crippen molar-refractivity contribution in [2.75, 3.05) is 13.8 Å². The maximum absolute atomic E-state index is 12.7. The van der Waals surface area contributed by atoms with Crippen LogP contribution in [0.4, 0.5) is 0 Å². The minimum atomic E-state index is -2.75. The molecule has 0 aliphatic rings. The molecule has 128 valence electrons. The summed E-state index contributed by atoms with van der Waals surface area (Å²) in [7, 11) is -1.10. The van der Waals surface area contributed by atoms with Gasteiger partial charge < -0.3 is 9.26 Å². The summed E-state index contributed by atoms with van der Waals surface area (Å²) in [5, 5.41) is 0. The predicted octanol–water partition coefficient (Wildman–Crippen LogP) is 5.85. The van der Waals surface area contributed by atoms with Crippen molar-refractivity contribution in [3.05, 3.63) is 84.4 Å². The van der Waals surface area contributed by atoms with Crippen LogP contribution in [0, 0.1) is 0 Å². The quantitative estimate of drug-likeness (QED) is 0.522. The molecule has 0 bridgehead atoms. The van der Waals surface area contributed by atoms with E-state index in [1.165, 1.54) is 0 Å². The van der Waals surface area contributed by atoms with Gasteiger partial charge in [0.2, 0.25) is 7.37 Å². The Bertz CT molecular complexity index is 856. The lowest BCUT2D eigenvalue weighted by atomic mass is 10.1. The highest BCUT2D eigenvalue weighted by Gasteiger charge is 2.18. The van der Waals surface area contributed by atoms with Crippen LogP contribution in [0.1, 0.15) is 5.56 Å². The molecule has 0 N–H and O–H groups in total. The lowest BCUT2D eigenvalue weighted by Gasteiger charge is -2.15. The highest BCUT2D eigenvalue weighted by molar-refractivity contribution is 7.57. The minimum absolute atomic E-state index is 0.425. The van der Waals surface area contributed by atoms with E-state index in [0.29, 0.717) is 11.9 Å². The first kappa shape index (κ1) is 17.3. The van der Waals surface area contributed by atoms with Crippen molar-refractivity contribution in [2.45, 2.75) is 6.16 Å². The van der Waals surface area contributed by atoms with Gasteiger partial charge in [-0.3, -0.25) is 4.57 Å². The van der Waals surface area contributed by atoms with Gasteiger partial charge in [0.05, 0.1) is 13.3 Å². The van der Waals surface area contributed by atoms with Gasteiger partial charge in [0.1, 0.15) is 11.5 Å². The van der Waals surface area contributed by atoms with E-state index in [9.17, 15) is 4.57 Å². The number of ether oxygens (including phenoxy) is 1. The summed E-state index contributed by atoms with van der Waals surface area (Å²) in [5.41, 5.74) is 3.18. The summed E-state index contributed by atoms with van der Waals surface area (Å²) in [6.45, 7) is 1.68. The van der Waals surface area contributed by atoms with Gasteiger partial charge in [-0.05, 0) is 41.0 Å². The summed E-state index contributed by atoms with van der Waals surface area (Å²) in [5.74, 6) is 1.45. The molecule has 4 heteroatoms. The first-order valence-electron chi connectivity index (χ1n) is 8.10. The second kappa shape index (κ2) is 7.58. The van der Waals surface area contributed by atoms with E-state index >= 15 is 0 Å². The average Bonchev–Trinajstić information content (AvgIpc) is 2.62. The fourth-order valence-corrected chi connectivity index (χ4v) is 4.17. The lowest BCUT2D eigenvalue weighted by Crippen LogP contribution is -1.95. The molecule has 0 fully saturated rings. The summed E-state index contributed by atoms with van der Waals surface area (Å²) >= 11 is 0. The fraction of sp³-hybridized carbons (Fsp3) is 0.143. The van der Waals surface area contributed by atoms with E-state index < -0.39 is 7.37 Å². The third-order valence-electron chi connectivity index (χ3n) is 3.89. The Labute approximate surface area is 148 Å². The number of hydrogen-bond donors (Lipinski definition) is 0. The summed E-state index contributed by atoms with van der Waals surface area (Å²) in [6, 6.07) is 25.3. The normalized spacial score (nSPS) is 13.0. The van der Waals surface area contributed by atoms with E-state index in [2.05, 4.69) is 0 Å². The lowest BCUT2D eigenvalue weighted by molar-refractivity contribution is 0.415. The van der Waals surface area contributed by atoms with Gasteiger partial charge in [0.25, 0.3) is 0 Å². The number of methoxy groups -OCH3 is 1. The standard InChI is InChI=1S/C21H21O3P/c1-23-20-12-8-18(9-13-20)19-10-14-21(15-11-19)24-25(2,22)16-17-6-4-3-5-7-17/h3-15H,16H2,1-2H3. The Kier molecular flexibility index (Phi) is 5.25. The van der Waals surface area contributed by atoms with Crippen molar-refractivity contribution in [2.24, 2.45) is 0 Å². The van der Waals surface area contributed by atoms with Crippen molar-refractivity contribution in [3.63, 3.8) is 0 Å². The van der Waals surface area contributed by atoms with Gasteiger partial charge in [-0.1, -0.05) is 54.6 Å². The molecular formula is C21H21O3P. The zero-order valence-corrected chi connectivity index (χ0v) is 15.3. The largest absolute Gasteiger partial charge is 0.497 e. The third-order valence-corrected chi connectivity index (χ3v) is 5.43. The second-order valence-corrected chi connectivity index (χ2v) is 8.53. The molecule has 0 spiro atoms. The number of hydrogen-bond acceptors (Lipinski definition) is 3. The molecular weight excluding hydrogens is 331 g/mol. The first-order chi connectivity index (χ1) is 12.1. The van der Waals surface area contributed by atoms with Crippen LogP contribution >= 0.6 is 7.37 Å². The van der Waals surface area contributed by atoms with Crippen LogP contribution in [0.2, 0.25) is 0 Å². The molecule has 0 radical (unpaired) electrons. The van der Waals surface area contributed by atoms with Crippen molar-refractivity contribution in [3.8, 4) is 22.6 Å². The summed E-state index contributed by atoms with van der Waals surface area (Å²) in [4.78, 5) is 0. The first-order valence-corrected chi connectivity index (χ1v) is 10.4.